The van der Waals surface area contributed by atoms with Gasteiger partial charge in [-0.2, -0.15) is 0 Å². The van der Waals surface area contributed by atoms with Crippen LogP contribution in [0.1, 0.15) is 23.7 Å². The maximum atomic E-state index is 11.5. The van der Waals surface area contributed by atoms with Crippen LogP contribution in [0.3, 0.4) is 0 Å². The number of amides is 1. The highest BCUT2D eigenvalue weighted by molar-refractivity contribution is 5.95. The number of hydrogen-bond acceptors (Lipinski definition) is 5. The van der Waals surface area contributed by atoms with Crippen LogP contribution in [-0.2, 0) is 0 Å². The van der Waals surface area contributed by atoms with Crippen molar-refractivity contribution in [3.63, 3.8) is 0 Å². The van der Waals surface area contributed by atoms with Crippen LogP contribution in [-0.4, -0.2) is 37.5 Å². The summed E-state index contributed by atoms with van der Waals surface area (Å²) in [6.45, 7) is 4.30. The first-order valence-electron chi connectivity index (χ1n) is 6.55. The van der Waals surface area contributed by atoms with E-state index in [9.17, 15) is 14.9 Å². The minimum absolute atomic E-state index is 0.0957. The van der Waals surface area contributed by atoms with Crippen molar-refractivity contribution in [1.29, 1.82) is 0 Å². The molecule has 0 saturated carbocycles. The first-order chi connectivity index (χ1) is 9.60. The molecule has 3 N–H and O–H groups in total. The van der Waals surface area contributed by atoms with Gasteiger partial charge in [0.25, 0.3) is 11.6 Å². The third kappa shape index (κ3) is 4.51. The summed E-state index contributed by atoms with van der Waals surface area (Å²) in [5.74, 6) is -0.343. The van der Waals surface area contributed by atoms with Crippen molar-refractivity contribution in [3.8, 4) is 0 Å². The molecule has 1 aromatic rings. The van der Waals surface area contributed by atoms with Gasteiger partial charge in [0.2, 0.25) is 0 Å². The molecule has 0 saturated heterocycles. The molecule has 7 heteroatoms. The van der Waals surface area contributed by atoms with Crippen molar-refractivity contribution in [3.05, 3.63) is 33.9 Å². The summed E-state index contributed by atoms with van der Waals surface area (Å²) < 4.78 is 0. The Morgan fingerprint density at radius 3 is 2.65 bits per heavy atom. The highest BCUT2D eigenvalue weighted by Gasteiger charge is 2.16. The van der Waals surface area contributed by atoms with Gasteiger partial charge >= 0.3 is 0 Å². The normalized spacial score (nSPS) is 10.1. The van der Waals surface area contributed by atoms with Crippen LogP contribution < -0.4 is 16.0 Å². The third-order valence-electron chi connectivity index (χ3n) is 2.73. The highest BCUT2D eigenvalue weighted by Crippen LogP contribution is 2.25. The molecule has 0 bridgehead atoms. The van der Waals surface area contributed by atoms with E-state index in [0.29, 0.717) is 12.2 Å². The van der Waals surface area contributed by atoms with Gasteiger partial charge in [0.1, 0.15) is 5.69 Å². The SMILES string of the molecule is CCCNCCNc1ccc(C(=O)NC)cc1[N+](=O)[O-]. The zero-order valence-electron chi connectivity index (χ0n) is 11.7. The maximum absolute atomic E-state index is 11.5. The van der Waals surface area contributed by atoms with Crippen molar-refractivity contribution < 1.29 is 9.72 Å². The summed E-state index contributed by atoms with van der Waals surface area (Å²) in [5, 5.41) is 19.7. The topological polar surface area (TPSA) is 96.3 Å². The van der Waals surface area contributed by atoms with Crippen molar-refractivity contribution >= 4 is 17.3 Å². The number of nitrogens with zero attached hydrogens (tertiary/aromatic N) is 1. The molecule has 0 aliphatic rings. The van der Waals surface area contributed by atoms with Gasteiger partial charge in [-0.3, -0.25) is 14.9 Å². The van der Waals surface area contributed by atoms with E-state index in [1.807, 2.05) is 0 Å². The number of anilines is 1. The van der Waals surface area contributed by atoms with Crippen LogP contribution >= 0.6 is 0 Å². The summed E-state index contributed by atoms with van der Waals surface area (Å²) in [7, 11) is 1.49. The minimum Gasteiger partial charge on any atom is -0.378 e. The average molecular weight is 280 g/mol. The quantitative estimate of drug-likeness (QED) is 0.379. The van der Waals surface area contributed by atoms with Gasteiger partial charge in [-0.25, -0.2) is 0 Å². The zero-order valence-corrected chi connectivity index (χ0v) is 11.7. The van der Waals surface area contributed by atoms with Crippen LogP contribution in [0.2, 0.25) is 0 Å². The first kappa shape index (κ1) is 15.9. The fourth-order valence-electron chi connectivity index (χ4n) is 1.71. The molecule has 0 atom stereocenters. The summed E-state index contributed by atoms with van der Waals surface area (Å²) in [5.41, 5.74) is 0.594. The van der Waals surface area contributed by atoms with E-state index in [1.165, 1.54) is 13.1 Å². The van der Waals surface area contributed by atoms with Crippen molar-refractivity contribution in [2.24, 2.45) is 0 Å². The van der Waals surface area contributed by atoms with E-state index < -0.39 is 4.92 Å². The van der Waals surface area contributed by atoms with E-state index in [2.05, 4.69) is 22.9 Å². The lowest BCUT2D eigenvalue weighted by atomic mass is 10.1. The Hall–Kier alpha value is -2.15. The molecule has 0 heterocycles. The van der Waals surface area contributed by atoms with Gasteiger partial charge in [0.15, 0.2) is 0 Å². The molecule has 0 aliphatic carbocycles. The number of nitro benzene ring substituents is 1. The monoisotopic (exact) mass is 280 g/mol. The molecule has 20 heavy (non-hydrogen) atoms. The van der Waals surface area contributed by atoms with E-state index in [0.717, 1.165) is 19.5 Å². The van der Waals surface area contributed by atoms with E-state index in [4.69, 9.17) is 0 Å². The van der Waals surface area contributed by atoms with Crippen molar-refractivity contribution in [2.75, 3.05) is 32.0 Å². The molecule has 0 radical (unpaired) electrons. The molecular weight excluding hydrogens is 260 g/mol. The second-order valence-electron chi connectivity index (χ2n) is 4.24. The molecule has 7 nitrogen and oxygen atoms in total. The summed E-state index contributed by atoms with van der Waals surface area (Å²) >= 11 is 0. The van der Waals surface area contributed by atoms with Crippen LogP contribution in [0.25, 0.3) is 0 Å². The molecule has 0 fully saturated rings. The number of rotatable bonds is 8. The van der Waals surface area contributed by atoms with Gasteiger partial charge in [-0.05, 0) is 25.1 Å². The smallest absolute Gasteiger partial charge is 0.293 e. The highest BCUT2D eigenvalue weighted by atomic mass is 16.6. The van der Waals surface area contributed by atoms with Crippen molar-refractivity contribution in [1.82, 2.24) is 10.6 Å². The van der Waals surface area contributed by atoms with E-state index in [-0.39, 0.29) is 17.2 Å². The summed E-state index contributed by atoms with van der Waals surface area (Å²) in [6, 6.07) is 4.40. The fraction of sp³-hybridized carbons (Fsp3) is 0.462. The molecule has 110 valence electrons. The van der Waals surface area contributed by atoms with E-state index in [1.54, 1.807) is 12.1 Å². The molecule has 0 aromatic heterocycles. The maximum Gasteiger partial charge on any atom is 0.293 e. The Bertz CT molecular complexity index is 477. The van der Waals surface area contributed by atoms with Crippen LogP contribution in [0, 0.1) is 10.1 Å². The van der Waals surface area contributed by atoms with Crippen LogP contribution in [0.5, 0.6) is 0 Å². The number of benzene rings is 1. The third-order valence-corrected chi connectivity index (χ3v) is 2.73. The van der Waals surface area contributed by atoms with Gasteiger partial charge < -0.3 is 16.0 Å². The molecule has 1 rings (SSSR count). The Kier molecular flexibility index (Phi) is 6.45. The van der Waals surface area contributed by atoms with Crippen LogP contribution in [0.4, 0.5) is 11.4 Å². The first-order valence-corrected chi connectivity index (χ1v) is 6.55. The number of hydrogen-bond donors (Lipinski definition) is 3. The lowest BCUT2D eigenvalue weighted by Crippen LogP contribution is -2.23. The lowest BCUT2D eigenvalue weighted by Gasteiger charge is -2.09. The second-order valence-corrected chi connectivity index (χ2v) is 4.24. The zero-order chi connectivity index (χ0) is 15.0. The Labute approximate surface area is 117 Å². The number of carbonyl (C=O) groups excluding carboxylic acids is 1. The lowest BCUT2D eigenvalue weighted by molar-refractivity contribution is -0.384. The number of nitrogens with one attached hydrogen (secondary N) is 3. The molecule has 0 unspecified atom stereocenters. The fourth-order valence-corrected chi connectivity index (χ4v) is 1.71. The molecule has 1 aromatic carbocycles. The number of carbonyl (C=O) groups is 1. The van der Waals surface area contributed by atoms with Crippen molar-refractivity contribution in [2.45, 2.75) is 13.3 Å². The van der Waals surface area contributed by atoms with Gasteiger partial charge in [0, 0.05) is 31.8 Å². The largest absolute Gasteiger partial charge is 0.378 e. The molecular formula is C13H20N4O3. The van der Waals surface area contributed by atoms with Gasteiger partial charge in [-0.15, -0.1) is 0 Å². The molecule has 1 amide bonds. The standard InChI is InChI=1S/C13H20N4O3/c1-3-6-15-7-8-16-11-5-4-10(13(18)14-2)9-12(11)17(19)20/h4-5,9,15-16H,3,6-8H2,1-2H3,(H,14,18). The number of nitro groups is 1. The Balaban J connectivity index is 2.75. The summed E-state index contributed by atoms with van der Waals surface area (Å²) in [4.78, 5) is 22.0. The van der Waals surface area contributed by atoms with Gasteiger partial charge in [0.05, 0.1) is 4.92 Å². The van der Waals surface area contributed by atoms with Gasteiger partial charge in [-0.1, -0.05) is 6.92 Å². The molecule has 0 spiro atoms. The Morgan fingerprint density at radius 2 is 2.05 bits per heavy atom. The predicted octanol–water partition coefficient (Wildman–Crippen LogP) is 1.37. The Morgan fingerprint density at radius 1 is 1.30 bits per heavy atom. The molecule has 0 aliphatic heterocycles. The average Bonchev–Trinajstić information content (AvgIpc) is 2.46. The second kappa shape index (κ2) is 8.11. The summed E-state index contributed by atoms with van der Waals surface area (Å²) in [6.07, 6.45) is 1.04. The predicted molar refractivity (Wildman–Crippen MR) is 78.1 cm³/mol. The van der Waals surface area contributed by atoms with Crippen LogP contribution in [0.15, 0.2) is 18.2 Å². The van der Waals surface area contributed by atoms with E-state index >= 15 is 0 Å². The minimum atomic E-state index is -0.492.